The summed E-state index contributed by atoms with van der Waals surface area (Å²) in [5, 5.41) is 9.15. The summed E-state index contributed by atoms with van der Waals surface area (Å²) in [6, 6.07) is 25.2. The third-order valence-electron chi connectivity index (χ3n) is 11.8. The molecule has 0 atom stereocenters. The molecule has 398 valence electrons. The van der Waals surface area contributed by atoms with Gasteiger partial charge in [-0.3, -0.25) is 9.80 Å². The number of morpholine rings is 2. The molecule has 0 saturated carbocycles. The van der Waals surface area contributed by atoms with Crippen LogP contribution >= 0.6 is 34.8 Å². The first kappa shape index (κ1) is 57.7. The first-order valence-electron chi connectivity index (χ1n) is 23.9. The summed E-state index contributed by atoms with van der Waals surface area (Å²) >= 11 is 18.0. The van der Waals surface area contributed by atoms with E-state index in [0.717, 1.165) is 95.5 Å². The van der Waals surface area contributed by atoms with Gasteiger partial charge in [0.15, 0.2) is 31.3 Å². The number of nitrogens with one attached hydrogen (secondary N) is 3. The normalized spacial score (nSPS) is 14.2. The molecule has 2 saturated heterocycles. The van der Waals surface area contributed by atoms with E-state index < -0.39 is 24.9 Å². The molecule has 2 aliphatic heterocycles. The zero-order chi connectivity index (χ0) is 53.3. The number of rotatable bonds is 18. The van der Waals surface area contributed by atoms with Gasteiger partial charge < -0.3 is 40.6 Å². The topological polar surface area (TPSA) is 225 Å². The van der Waals surface area contributed by atoms with Crippen LogP contribution in [0.5, 0.6) is 11.5 Å². The average Bonchev–Trinajstić information content (AvgIpc) is 3.40. The summed E-state index contributed by atoms with van der Waals surface area (Å²) in [5.74, 6) is 2.22. The Morgan fingerprint density at radius 1 is 0.649 bits per heavy atom. The van der Waals surface area contributed by atoms with E-state index in [1.165, 1.54) is 24.0 Å². The number of hydrogen-bond acceptors (Lipinski definition) is 18. The number of nitrogens with zero attached hydrogens (tertiary/aromatic N) is 6. The summed E-state index contributed by atoms with van der Waals surface area (Å²) in [5.41, 5.74) is 10.5. The lowest BCUT2D eigenvalue weighted by Crippen LogP contribution is -2.37. The van der Waals surface area contributed by atoms with Crippen LogP contribution in [-0.4, -0.2) is 137 Å². The maximum Gasteiger partial charge on any atom is 0.229 e. The number of halogens is 3. The molecule has 0 bridgehead atoms. The van der Waals surface area contributed by atoms with E-state index in [4.69, 9.17) is 59.5 Å². The molecular formula is C51H63Cl3N10O8S2. The second kappa shape index (κ2) is 27.8. The zero-order valence-electron chi connectivity index (χ0n) is 42.0. The van der Waals surface area contributed by atoms with Crippen LogP contribution in [-0.2, 0) is 42.0 Å². The van der Waals surface area contributed by atoms with Gasteiger partial charge >= 0.3 is 0 Å². The van der Waals surface area contributed by atoms with Crippen molar-refractivity contribution in [2.75, 3.05) is 107 Å². The number of benzene rings is 4. The number of aromatic nitrogens is 4. The molecule has 2 aliphatic rings. The van der Waals surface area contributed by atoms with E-state index >= 15 is 0 Å². The minimum absolute atomic E-state index is 0.0162. The minimum Gasteiger partial charge on any atom is -0.495 e. The van der Waals surface area contributed by atoms with E-state index in [0.29, 0.717) is 28.8 Å². The van der Waals surface area contributed by atoms with Crippen LogP contribution < -0.4 is 31.2 Å². The Morgan fingerprint density at radius 3 is 1.69 bits per heavy atom. The number of hydrogen-bond donors (Lipinski definition) is 4. The highest BCUT2D eigenvalue weighted by molar-refractivity contribution is 7.92. The fourth-order valence-electron chi connectivity index (χ4n) is 7.56. The van der Waals surface area contributed by atoms with Crippen molar-refractivity contribution in [3.05, 3.63) is 124 Å². The summed E-state index contributed by atoms with van der Waals surface area (Å²) in [6.45, 7) is 14.1. The van der Waals surface area contributed by atoms with Crippen LogP contribution in [0.15, 0.2) is 107 Å². The Hall–Kier alpha value is -5.55. The monoisotopic (exact) mass is 1110 g/mol. The van der Waals surface area contributed by atoms with E-state index in [-0.39, 0.29) is 42.5 Å². The van der Waals surface area contributed by atoms with Gasteiger partial charge in [-0.2, -0.15) is 9.97 Å². The molecule has 8 rings (SSSR count). The summed E-state index contributed by atoms with van der Waals surface area (Å²) in [6.07, 6.45) is 4.72. The molecule has 23 heteroatoms. The fourth-order valence-corrected chi connectivity index (χ4v) is 10.2. The Labute approximate surface area is 449 Å². The maximum absolute atomic E-state index is 12.5. The molecule has 5 N–H and O–H groups in total. The molecule has 0 unspecified atom stereocenters. The Kier molecular flexibility index (Phi) is 21.7. The Bertz CT molecular complexity index is 3020. The highest BCUT2D eigenvalue weighted by Gasteiger charge is 2.23. The predicted octanol–water partition coefficient (Wildman–Crippen LogP) is 9.16. The van der Waals surface area contributed by atoms with E-state index in [1.807, 2.05) is 30.3 Å². The molecule has 4 heterocycles. The third-order valence-corrected chi connectivity index (χ3v) is 16.6. The average molecular weight is 1110 g/mol. The standard InChI is InChI=1S/C25H30ClN5O4S.C13H13Cl2N3O2S.C13H20N2O2/c1-3-36(32,33)23-7-5-4-6-20(23)28-24-19(26)17-27-25(30-24)29-21-16-18(8-9-22(21)34-2)10-11-31-12-14-35-15-13-31;1-8(2)21(19,20)11-6-4-3-5-10(11)17-12-9(14)7-16-13(15)18-12;1-16-13-3-2-11(10-12(13)14)4-5-15-6-8-17-9-7-15/h4-9,16-17H,3,10-15H2,1-2H3,(H2,27,28,29,30);3-8H,1-2H3,(H,16,17,18);2-3,10H,4-9,14H2,1H3. The van der Waals surface area contributed by atoms with E-state index in [2.05, 4.69) is 51.8 Å². The highest BCUT2D eigenvalue weighted by Crippen LogP contribution is 2.33. The molecule has 0 spiro atoms. The SMILES string of the molecule is CC(C)S(=O)(=O)c1ccccc1Nc1nc(Cl)ncc1Cl.CCS(=O)(=O)c1ccccc1Nc1nc(Nc2cc(CCN3CCOCC3)ccc2OC)ncc1Cl.COc1ccc(CCN2CCOCC2)cc1N. The first-order chi connectivity index (χ1) is 35.5. The summed E-state index contributed by atoms with van der Waals surface area (Å²) < 4.78 is 71.2. The Morgan fingerprint density at radius 2 is 1.15 bits per heavy atom. The van der Waals surface area contributed by atoms with Crippen LogP contribution in [0, 0.1) is 0 Å². The van der Waals surface area contributed by atoms with Crippen LogP contribution in [0.4, 0.5) is 40.3 Å². The second-order valence-corrected chi connectivity index (χ2v) is 23.0. The number of methoxy groups -OCH3 is 2. The maximum atomic E-state index is 12.5. The van der Waals surface area contributed by atoms with Gasteiger partial charge in [0.25, 0.3) is 0 Å². The predicted molar refractivity (Wildman–Crippen MR) is 294 cm³/mol. The molecular weight excluding hydrogens is 1050 g/mol. The van der Waals surface area contributed by atoms with Crippen molar-refractivity contribution in [1.82, 2.24) is 29.7 Å². The number of nitrogens with two attached hydrogens (primary N) is 1. The van der Waals surface area contributed by atoms with E-state index in [1.54, 1.807) is 77.5 Å². The van der Waals surface area contributed by atoms with Crippen molar-refractivity contribution in [1.29, 1.82) is 0 Å². The lowest BCUT2D eigenvalue weighted by atomic mass is 10.1. The lowest BCUT2D eigenvalue weighted by molar-refractivity contribution is 0.0384. The minimum atomic E-state index is -3.44. The van der Waals surface area contributed by atoms with Crippen molar-refractivity contribution in [3.63, 3.8) is 0 Å². The van der Waals surface area contributed by atoms with Gasteiger partial charge in [-0.05, 0) is 97.9 Å². The number of anilines is 7. The van der Waals surface area contributed by atoms with E-state index in [9.17, 15) is 16.8 Å². The molecule has 74 heavy (non-hydrogen) atoms. The van der Waals surface area contributed by atoms with Gasteiger partial charge in [0.1, 0.15) is 21.5 Å². The van der Waals surface area contributed by atoms with Gasteiger partial charge in [0.2, 0.25) is 11.2 Å². The van der Waals surface area contributed by atoms with Crippen LogP contribution in [0.2, 0.25) is 15.3 Å². The molecule has 0 radical (unpaired) electrons. The molecule has 4 aromatic carbocycles. The van der Waals surface area contributed by atoms with Gasteiger partial charge in [0, 0.05) is 39.3 Å². The molecule has 18 nitrogen and oxygen atoms in total. The van der Waals surface area contributed by atoms with Crippen molar-refractivity contribution in [2.45, 2.75) is 48.7 Å². The van der Waals surface area contributed by atoms with Crippen LogP contribution in [0.3, 0.4) is 0 Å². The van der Waals surface area contributed by atoms with Gasteiger partial charge in [0.05, 0.1) is 96.6 Å². The first-order valence-corrected chi connectivity index (χ1v) is 28.2. The third kappa shape index (κ3) is 16.5. The Balaban J connectivity index is 0.000000198. The number of ether oxygens (including phenoxy) is 4. The highest BCUT2D eigenvalue weighted by atomic mass is 35.5. The van der Waals surface area contributed by atoms with Crippen molar-refractivity contribution in [2.24, 2.45) is 0 Å². The number of nitrogen functional groups attached to an aromatic ring is 1. The molecule has 6 aromatic rings. The quantitative estimate of drug-likeness (QED) is 0.0465. The molecule has 2 aromatic heterocycles. The van der Waals surface area contributed by atoms with Crippen LogP contribution in [0.1, 0.15) is 31.9 Å². The summed E-state index contributed by atoms with van der Waals surface area (Å²) in [7, 11) is -3.63. The van der Waals surface area contributed by atoms with Gasteiger partial charge in [-0.1, -0.05) is 66.5 Å². The number of para-hydroxylation sites is 2. The van der Waals surface area contributed by atoms with Crippen LogP contribution in [0.25, 0.3) is 0 Å². The van der Waals surface area contributed by atoms with Crippen molar-refractivity contribution in [3.8, 4) is 11.5 Å². The van der Waals surface area contributed by atoms with Gasteiger partial charge in [-0.25, -0.2) is 26.8 Å². The second-order valence-electron chi connectivity index (χ2n) is 17.1. The largest absolute Gasteiger partial charge is 0.495 e. The molecule has 2 fully saturated rings. The zero-order valence-corrected chi connectivity index (χ0v) is 45.9. The number of sulfone groups is 2. The van der Waals surface area contributed by atoms with Crippen molar-refractivity contribution < 1.29 is 35.8 Å². The lowest BCUT2D eigenvalue weighted by Gasteiger charge is -2.26. The summed E-state index contributed by atoms with van der Waals surface area (Å²) in [4.78, 5) is 21.7. The smallest absolute Gasteiger partial charge is 0.229 e. The fraction of sp³-hybridized carbons (Fsp3) is 0.373. The molecule has 0 amide bonds. The van der Waals surface area contributed by atoms with Crippen molar-refractivity contribution >= 4 is 94.8 Å². The molecule has 0 aliphatic carbocycles. The van der Waals surface area contributed by atoms with Gasteiger partial charge in [-0.15, -0.1) is 0 Å².